The van der Waals surface area contributed by atoms with Gasteiger partial charge in [-0.2, -0.15) is 0 Å². The molecule has 6 aromatic rings. The van der Waals surface area contributed by atoms with Crippen LogP contribution in [0, 0.1) is 0 Å². The van der Waals surface area contributed by atoms with Gasteiger partial charge >= 0.3 is 0 Å². The summed E-state index contributed by atoms with van der Waals surface area (Å²) in [5.74, 6) is -0.0478. The molecule has 2 heterocycles. The molecule has 0 fully saturated rings. The third-order valence-electron chi connectivity index (χ3n) is 6.34. The highest BCUT2D eigenvalue weighted by atomic mass is 35.5. The Labute approximate surface area is 234 Å². The van der Waals surface area contributed by atoms with Crippen molar-refractivity contribution in [2.24, 2.45) is 0 Å². The van der Waals surface area contributed by atoms with Gasteiger partial charge in [0.2, 0.25) is 0 Å². The first-order chi connectivity index (χ1) is 19.5. The number of nitrogens with zero attached hydrogens (tertiary/aromatic N) is 2. The van der Waals surface area contributed by atoms with Crippen LogP contribution < -0.4 is 10.6 Å². The van der Waals surface area contributed by atoms with Crippen molar-refractivity contribution in [1.29, 1.82) is 0 Å². The van der Waals surface area contributed by atoms with Gasteiger partial charge in [0.25, 0.3) is 11.8 Å². The predicted octanol–water partition coefficient (Wildman–Crippen LogP) is 7.45. The van der Waals surface area contributed by atoms with Crippen LogP contribution in [0.2, 0.25) is 5.02 Å². The molecule has 6 rings (SSSR count). The van der Waals surface area contributed by atoms with Crippen LogP contribution in [0.3, 0.4) is 0 Å². The van der Waals surface area contributed by atoms with E-state index in [2.05, 4.69) is 25.6 Å². The second kappa shape index (κ2) is 10.8. The number of nitrogens with one attached hydrogen (secondary N) is 3. The van der Waals surface area contributed by atoms with Gasteiger partial charge in [0.1, 0.15) is 11.3 Å². The minimum absolute atomic E-state index is 0.213. The van der Waals surface area contributed by atoms with Gasteiger partial charge in [-0.15, -0.1) is 0 Å². The fraction of sp³-hybridized carbons (Fsp3) is 0. The highest BCUT2D eigenvalue weighted by Gasteiger charge is 2.15. The number of pyridine rings is 1. The fourth-order valence-electron chi connectivity index (χ4n) is 4.35. The Balaban J connectivity index is 1.19. The molecule has 0 unspecified atom stereocenters. The molecular formula is C32H22ClN5O2. The molecule has 2 amide bonds. The van der Waals surface area contributed by atoms with Crippen molar-refractivity contribution in [2.45, 2.75) is 0 Å². The molecular weight excluding hydrogens is 522 g/mol. The smallest absolute Gasteiger partial charge is 0.257 e. The van der Waals surface area contributed by atoms with Crippen LogP contribution in [0.5, 0.6) is 0 Å². The van der Waals surface area contributed by atoms with Gasteiger partial charge in [0.05, 0.1) is 22.5 Å². The van der Waals surface area contributed by atoms with Gasteiger partial charge in [-0.3, -0.25) is 9.59 Å². The Morgan fingerprint density at radius 3 is 2.15 bits per heavy atom. The summed E-state index contributed by atoms with van der Waals surface area (Å²) < 4.78 is 0. The number of halogens is 1. The van der Waals surface area contributed by atoms with E-state index in [9.17, 15) is 9.59 Å². The maximum absolute atomic E-state index is 13.1. The number of hydrogen-bond acceptors (Lipinski definition) is 4. The third-order valence-corrected chi connectivity index (χ3v) is 6.67. The first-order valence-corrected chi connectivity index (χ1v) is 12.9. The van der Waals surface area contributed by atoms with E-state index in [-0.39, 0.29) is 16.5 Å². The maximum Gasteiger partial charge on any atom is 0.257 e. The van der Waals surface area contributed by atoms with Crippen LogP contribution in [-0.4, -0.2) is 26.8 Å². The number of amides is 2. The zero-order valence-corrected chi connectivity index (χ0v) is 21.8. The Morgan fingerprint density at radius 2 is 1.38 bits per heavy atom. The molecule has 194 valence electrons. The Kier molecular flexibility index (Phi) is 6.78. The second-order valence-corrected chi connectivity index (χ2v) is 9.50. The number of anilines is 2. The zero-order valence-electron chi connectivity index (χ0n) is 21.1. The van der Waals surface area contributed by atoms with Crippen LogP contribution in [0.4, 0.5) is 11.4 Å². The van der Waals surface area contributed by atoms with Crippen molar-refractivity contribution < 1.29 is 9.59 Å². The largest absolute Gasteiger partial charge is 0.323 e. The summed E-state index contributed by atoms with van der Waals surface area (Å²) in [6.45, 7) is 0. The summed E-state index contributed by atoms with van der Waals surface area (Å²) in [4.78, 5) is 38.3. The lowest BCUT2D eigenvalue weighted by Crippen LogP contribution is -2.15. The molecule has 0 saturated heterocycles. The van der Waals surface area contributed by atoms with Crippen molar-refractivity contribution in [3.05, 3.63) is 132 Å². The topological polar surface area (TPSA) is 99.8 Å². The number of carbonyl (C=O) groups excluding carboxylic acids is 2. The molecule has 0 radical (unpaired) electrons. The van der Waals surface area contributed by atoms with E-state index in [0.717, 1.165) is 16.7 Å². The second-order valence-electron chi connectivity index (χ2n) is 9.09. The number of aromatic amines is 1. The van der Waals surface area contributed by atoms with Crippen LogP contribution in [0.1, 0.15) is 20.7 Å². The third kappa shape index (κ3) is 5.32. The summed E-state index contributed by atoms with van der Waals surface area (Å²) in [5.41, 5.74) is 5.72. The molecule has 0 saturated carbocycles. The number of aromatic nitrogens is 3. The molecule has 0 aliphatic rings. The molecule has 0 atom stereocenters. The zero-order chi connectivity index (χ0) is 27.5. The highest BCUT2D eigenvalue weighted by molar-refractivity contribution is 6.34. The summed E-state index contributed by atoms with van der Waals surface area (Å²) in [5, 5.41) is 5.94. The number of rotatable bonds is 6. The lowest BCUT2D eigenvalue weighted by atomic mass is 10.0. The standard InChI is InChI=1S/C32H22ClN5O2/c33-27-15-14-24(35-31(39)23-13-7-12-22(16-23)20-8-3-1-4-9-20)17-26(27)32(40)36-25-18-28-30(34-19-25)38-29(37-28)21-10-5-2-6-11-21/h1-19H,(H,35,39)(H,36,40)(H,34,37,38). The quantitative estimate of drug-likeness (QED) is 0.203. The van der Waals surface area contributed by atoms with Crippen molar-refractivity contribution in [1.82, 2.24) is 15.0 Å². The van der Waals surface area contributed by atoms with Crippen molar-refractivity contribution >= 4 is 46.0 Å². The number of fused-ring (bicyclic) bond motifs is 1. The number of hydrogen-bond donors (Lipinski definition) is 3. The van der Waals surface area contributed by atoms with Gasteiger partial charge in [-0.05, 0) is 47.5 Å². The maximum atomic E-state index is 13.1. The van der Waals surface area contributed by atoms with E-state index >= 15 is 0 Å². The molecule has 3 N–H and O–H groups in total. The van der Waals surface area contributed by atoms with Crippen LogP contribution in [-0.2, 0) is 0 Å². The summed E-state index contributed by atoms with van der Waals surface area (Å²) in [7, 11) is 0. The average molecular weight is 544 g/mol. The number of carbonyl (C=O) groups is 2. The molecule has 40 heavy (non-hydrogen) atoms. The number of benzene rings is 4. The molecule has 0 aliphatic heterocycles. The van der Waals surface area contributed by atoms with E-state index in [1.165, 1.54) is 0 Å². The fourth-order valence-corrected chi connectivity index (χ4v) is 4.55. The highest BCUT2D eigenvalue weighted by Crippen LogP contribution is 2.25. The summed E-state index contributed by atoms with van der Waals surface area (Å²) in [6.07, 6.45) is 1.55. The monoisotopic (exact) mass is 543 g/mol. The molecule has 2 aromatic heterocycles. The van der Waals surface area contributed by atoms with Gasteiger partial charge < -0.3 is 15.6 Å². The summed E-state index contributed by atoms with van der Waals surface area (Å²) in [6, 6.07) is 33.4. The lowest BCUT2D eigenvalue weighted by molar-refractivity contribution is 0.101. The van der Waals surface area contributed by atoms with E-state index in [0.29, 0.717) is 33.9 Å². The lowest BCUT2D eigenvalue weighted by Gasteiger charge is -2.11. The van der Waals surface area contributed by atoms with Gasteiger partial charge in [0, 0.05) is 16.8 Å². The van der Waals surface area contributed by atoms with E-state index < -0.39 is 5.91 Å². The SMILES string of the molecule is O=C(Nc1ccc(Cl)c(C(=O)Nc2cnc3[nH]c(-c4ccccc4)nc3c2)c1)c1cccc(-c2ccccc2)c1. The molecule has 4 aromatic carbocycles. The van der Waals surface area contributed by atoms with Crippen LogP contribution in [0.15, 0.2) is 115 Å². The van der Waals surface area contributed by atoms with Gasteiger partial charge in [-0.25, -0.2) is 9.97 Å². The van der Waals surface area contributed by atoms with Gasteiger partial charge in [0.15, 0.2) is 5.65 Å². The Hall–Kier alpha value is -5.27. The minimum atomic E-state index is -0.438. The van der Waals surface area contributed by atoms with Crippen LogP contribution in [0.25, 0.3) is 33.7 Å². The van der Waals surface area contributed by atoms with Crippen molar-refractivity contribution in [2.75, 3.05) is 10.6 Å². The van der Waals surface area contributed by atoms with E-state index in [1.54, 1.807) is 36.5 Å². The van der Waals surface area contributed by atoms with E-state index in [1.807, 2.05) is 78.9 Å². The predicted molar refractivity (Wildman–Crippen MR) is 159 cm³/mol. The minimum Gasteiger partial charge on any atom is -0.323 e. The number of imidazole rings is 1. The van der Waals surface area contributed by atoms with Crippen LogP contribution >= 0.6 is 11.6 Å². The molecule has 0 bridgehead atoms. The average Bonchev–Trinajstić information content (AvgIpc) is 3.43. The first-order valence-electron chi connectivity index (χ1n) is 12.5. The normalized spacial score (nSPS) is 10.8. The molecule has 0 spiro atoms. The number of H-pyrrole nitrogens is 1. The summed E-state index contributed by atoms with van der Waals surface area (Å²) >= 11 is 6.36. The van der Waals surface area contributed by atoms with Crippen molar-refractivity contribution in [3.63, 3.8) is 0 Å². The molecule has 8 heteroatoms. The molecule has 0 aliphatic carbocycles. The molecule has 7 nitrogen and oxygen atoms in total. The van der Waals surface area contributed by atoms with Crippen molar-refractivity contribution in [3.8, 4) is 22.5 Å². The van der Waals surface area contributed by atoms with Gasteiger partial charge in [-0.1, -0.05) is 84.4 Å². The van der Waals surface area contributed by atoms with E-state index in [4.69, 9.17) is 11.6 Å². The Bertz CT molecular complexity index is 1850. The first kappa shape index (κ1) is 25.0. The Morgan fingerprint density at radius 1 is 0.675 bits per heavy atom.